The number of ether oxygens (including phenoxy) is 5. The highest BCUT2D eigenvalue weighted by molar-refractivity contribution is 7.80. The molecule has 5 nitrogen and oxygen atoms in total. The van der Waals surface area contributed by atoms with Crippen molar-refractivity contribution < 1.29 is 23.7 Å². The molecule has 3 saturated heterocycles. The fourth-order valence-corrected chi connectivity index (χ4v) is 5.54. The lowest BCUT2D eigenvalue weighted by atomic mass is 9.94. The number of hydrogen-bond acceptors (Lipinski definition) is 6. The smallest absolute Gasteiger partial charge is 0.169 e. The van der Waals surface area contributed by atoms with Crippen molar-refractivity contribution >= 4 is 12.6 Å². The third-order valence-corrected chi connectivity index (χ3v) is 6.82. The Hall–Kier alpha value is 0.150. The van der Waals surface area contributed by atoms with Crippen LogP contribution in [0.1, 0.15) is 64.2 Å². The van der Waals surface area contributed by atoms with Gasteiger partial charge in [-0.05, 0) is 25.7 Å². The molecule has 0 aromatic heterocycles. The maximum absolute atomic E-state index is 6.45. The molecule has 5 aliphatic rings. The summed E-state index contributed by atoms with van der Waals surface area (Å²) in [6.07, 6.45) is 10.8. The van der Waals surface area contributed by atoms with Crippen molar-refractivity contribution in [1.82, 2.24) is 0 Å². The molecule has 2 spiro atoms. The highest BCUT2D eigenvalue weighted by Crippen LogP contribution is 2.49. The first-order chi connectivity index (χ1) is 11.7. The molecule has 5 rings (SSSR count). The molecular formula is C18H28O5S. The quantitative estimate of drug-likeness (QED) is 0.731. The Kier molecular flexibility index (Phi) is 4.15. The van der Waals surface area contributed by atoms with Crippen LogP contribution in [0.25, 0.3) is 0 Å². The maximum atomic E-state index is 6.45. The van der Waals surface area contributed by atoms with Gasteiger partial charge in [-0.1, -0.05) is 12.8 Å². The summed E-state index contributed by atoms with van der Waals surface area (Å²) < 4.78 is 31.4. The fraction of sp³-hybridized carbons (Fsp3) is 1.00. The third kappa shape index (κ3) is 2.65. The molecule has 0 radical (unpaired) electrons. The van der Waals surface area contributed by atoms with Crippen molar-refractivity contribution in [3.05, 3.63) is 0 Å². The van der Waals surface area contributed by atoms with Gasteiger partial charge in [0.05, 0.1) is 6.61 Å². The van der Waals surface area contributed by atoms with Gasteiger partial charge in [-0.3, -0.25) is 0 Å². The minimum atomic E-state index is -0.404. The minimum Gasteiger partial charge on any atom is -0.356 e. The van der Waals surface area contributed by atoms with E-state index in [0.717, 1.165) is 25.7 Å². The standard InChI is InChI=1S/C18H28O5S/c24-16-15-14(22-18(23-15)9-5-2-6-10-18)13(20-16)12-11-19-17(21-12)7-3-1-4-8-17/h12-16,24H,1-11H2/t12-,13-,14+,15+,16+/m1/s1. The molecule has 0 aromatic carbocycles. The van der Waals surface area contributed by atoms with Crippen LogP contribution >= 0.6 is 12.6 Å². The van der Waals surface area contributed by atoms with Gasteiger partial charge in [0.1, 0.15) is 29.9 Å². The van der Waals surface area contributed by atoms with E-state index in [1.807, 2.05) is 0 Å². The first-order valence-corrected chi connectivity index (χ1v) is 10.2. The molecule has 2 aliphatic carbocycles. The van der Waals surface area contributed by atoms with Crippen molar-refractivity contribution in [3.8, 4) is 0 Å². The van der Waals surface area contributed by atoms with Crippen molar-refractivity contribution in [2.75, 3.05) is 6.61 Å². The number of rotatable bonds is 1. The zero-order valence-corrected chi connectivity index (χ0v) is 15.0. The topological polar surface area (TPSA) is 46.2 Å². The maximum Gasteiger partial charge on any atom is 0.169 e. The van der Waals surface area contributed by atoms with Gasteiger partial charge >= 0.3 is 0 Å². The van der Waals surface area contributed by atoms with Crippen molar-refractivity contribution in [1.29, 1.82) is 0 Å². The van der Waals surface area contributed by atoms with E-state index in [1.165, 1.54) is 38.5 Å². The van der Waals surface area contributed by atoms with E-state index in [1.54, 1.807) is 0 Å². The Morgan fingerprint density at radius 2 is 1.29 bits per heavy atom. The lowest BCUT2D eigenvalue weighted by Crippen LogP contribution is -2.43. The second-order valence-corrected chi connectivity index (χ2v) is 8.58. The molecule has 3 aliphatic heterocycles. The van der Waals surface area contributed by atoms with Gasteiger partial charge in [0.25, 0.3) is 0 Å². The molecule has 0 unspecified atom stereocenters. The van der Waals surface area contributed by atoms with Crippen LogP contribution in [-0.2, 0) is 23.7 Å². The summed E-state index contributed by atoms with van der Waals surface area (Å²) in [6, 6.07) is 0. The Labute approximate surface area is 149 Å². The Morgan fingerprint density at radius 3 is 2.00 bits per heavy atom. The largest absolute Gasteiger partial charge is 0.356 e. The first-order valence-electron chi connectivity index (χ1n) is 9.70. The van der Waals surface area contributed by atoms with Gasteiger partial charge in [-0.15, -0.1) is 12.6 Å². The van der Waals surface area contributed by atoms with Crippen LogP contribution in [0.15, 0.2) is 0 Å². The van der Waals surface area contributed by atoms with E-state index >= 15 is 0 Å². The Balaban J connectivity index is 1.30. The minimum absolute atomic E-state index is 0.0740. The van der Waals surface area contributed by atoms with Crippen LogP contribution in [0.4, 0.5) is 0 Å². The van der Waals surface area contributed by atoms with E-state index in [2.05, 4.69) is 12.6 Å². The SMILES string of the molecule is S[C@@H]1O[C@H]([C@H]2COC3(CCCCC3)O2)[C@@H]2OC3(CCCCC3)O[C@@H]21. The van der Waals surface area contributed by atoms with Gasteiger partial charge in [0, 0.05) is 25.7 Å². The molecule has 0 bridgehead atoms. The van der Waals surface area contributed by atoms with Gasteiger partial charge < -0.3 is 23.7 Å². The molecule has 0 N–H and O–H groups in total. The summed E-state index contributed by atoms with van der Waals surface area (Å²) in [5.41, 5.74) is -0.243. The molecule has 24 heavy (non-hydrogen) atoms. The van der Waals surface area contributed by atoms with E-state index < -0.39 is 5.79 Å². The molecule has 136 valence electrons. The molecule has 5 atom stereocenters. The van der Waals surface area contributed by atoms with Crippen LogP contribution in [0.2, 0.25) is 0 Å². The summed E-state index contributed by atoms with van der Waals surface area (Å²) in [4.78, 5) is 0. The summed E-state index contributed by atoms with van der Waals surface area (Å²) >= 11 is 4.62. The summed E-state index contributed by atoms with van der Waals surface area (Å²) in [5.74, 6) is -0.781. The van der Waals surface area contributed by atoms with Crippen LogP contribution in [0, 0.1) is 0 Å². The lowest BCUT2D eigenvalue weighted by Gasteiger charge is -2.35. The summed E-state index contributed by atoms with van der Waals surface area (Å²) in [5, 5.41) is 0. The average molecular weight is 356 g/mol. The van der Waals surface area contributed by atoms with Gasteiger partial charge in [-0.2, -0.15) is 0 Å². The average Bonchev–Trinajstić information content (AvgIpc) is 3.24. The zero-order chi connectivity index (χ0) is 16.2. The van der Waals surface area contributed by atoms with E-state index in [9.17, 15) is 0 Å². The Bertz CT molecular complexity index is 474. The molecule has 6 heteroatoms. The van der Waals surface area contributed by atoms with Crippen LogP contribution in [-0.4, -0.2) is 48.0 Å². The number of fused-ring (bicyclic) bond motifs is 1. The molecular weight excluding hydrogens is 328 g/mol. The molecule has 2 saturated carbocycles. The van der Waals surface area contributed by atoms with E-state index in [-0.39, 0.29) is 35.6 Å². The van der Waals surface area contributed by atoms with E-state index in [4.69, 9.17) is 23.7 Å². The van der Waals surface area contributed by atoms with Gasteiger partial charge in [-0.25, -0.2) is 0 Å². The first kappa shape index (κ1) is 16.3. The zero-order valence-electron chi connectivity index (χ0n) is 14.2. The third-order valence-electron chi connectivity index (χ3n) is 6.40. The Morgan fingerprint density at radius 1 is 0.667 bits per heavy atom. The number of thiol groups is 1. The van der Waals surface area contributed by atoms with E-state index in [0.29, 0.717) is 6.61 Å². The van der Waals surface area contributed by atoms with Gasteiger partial charge in [0.2, 0.25) is 0 Å². The highest BCUT2D eigenvalue weighted by atomic mass is 32.1. The lowest BCUT2D eigenvalue weighted by molar-refractivity contribution is -0.233. The van der Waals surface area contributed by atoms with Crippen LogP contribution < -0.4 is 0 Å². The second-order valence-electron chi connectivity index (χ2n) is 8.07. The van der Waals surface area contributed by atoms with Crippen molar-refractivity contribution in [3.63, 3.8) is 0 Å². The van der Waals surface area contributed by atoms with Crippen molar-refractivity contribution in [2.45, 2.75) is 106 Å². The molecule has 3 heterocycles. The molecule has 0 aromatic rings. The molecule has 0 amide bonds. The van der Waals surface area contributed by atoms with Gasteiger partial charge in [0.15, 0.2) is 11.6 Å². The second kappa shape index (κ2) is 6.10. The molecule has 5 fully saturated rings. The predicted molar refractivity (Wildman–Crippen MR) is 89.9 cm³/mol. The normalized spacial score (nSPS) is 46.6. The predicted octanol–water partition coefficient (Wildman–Crippen LogP) is 3.16. The fourth-order valence-electron chi connectivity index (χ4n) is 5.17. The monoisotopic (exact) mass is 356 g/mol. The summed E-state index contributed by atoms with van der Waals surface area (Å²) in [7, 11) is 0. The highest BCUT2D eigenvalue weighted by Gasteiger charge is 2.61. The number of hydrogen-bond donors (Lipinski definition) is 1. The van der Waals surface area contributed by atoms with Crippen LogP contribution in [0.5, 0.6) is 0 Å². The van der Waals surface area contributed by atoms with Crippen LogP contribution in [0.3, 0.4) is 0 Å². The van der Waals surface area contributed by atoms with Crippen molar-refractivity contribution in [2.24, 2.45) is 0 Å². The summed E-state index contributed by atoms with van der Waals surface area (Å²) in [6.45, 7) is 0.588.